The molecular formula is C60H50. The molecule has 0 nitrogen and oxygen atoms in total. The fourth-order valence-corrected chi connectivity index (χ4v) is 14.5. The van der Waals surface area contributed by atoms with Crippen molar-refractivity contribution < 1.29 is 0 Å². The molecule has 8 bridgehead atoms. The van der Waals surface area contributed by atoms with Crippen LogP contribution in [0.25, 0.3) is 0 Å². The lowest BCUT2D eigenvalue weighted by Gasteiger charge is -2.76. The van der Waals surface area contributed by atoms with Gasteiger partial charge in [-0.15, -0.1) is 0 Å². The van der Waals surface area contributed by atoms with Gasteiger partial charge in [0.15, 0.2) is 0 Å². The molecule has 13 rings (SSSR count). The highest BCUT2D eigenvalue weighted by Gasteiger charge is 2.76. The summed E-state index contributed by atoms with van der Waals surface area (Å²) < 4.78 is 0. The van der Waals surface area contributed by atoms with Crippen molar-refractivity contribution in [1.82, 2.24) is 0 Å². The third-order valence-corrected chi connectivity index (χ3v) is 15.5. The largest absolute Gasteiger partial charge is 0.0910 e. The van der Waals surface area contributed by atoms with Gasteiger partial charge in [0.1, 0.15) is 0 Å². The maximum atomic E-state index is 4.12. The molecule has 8 aliphatic carbocycles. The Morgan fingerprint density at radius 2 is 0.517 bits per heavy atom. The summed E-state index contributed by atoms with van der Waals surface area (Å²) in [4.78, 5) is 0. The van der Waals surface area contributed by atoms with Crippen LogP contribution in [0.5, 0.6) is 0 Å². The molecule has 0 saturated heterocycles. The highest BCUT2D eigenvalue weighted by atomic mass is 14.8. The summed E-state index contributed by atoms with van der Waals surface area (Å²) in [5.74, 6) is 40.0. The molecule has 0 spiro atoms. The molecule has 0 heteroatoms. The van der Waals surface area contributed by atoms with Gasteiger partial charge in [-0.2, -0.15) is 0 Å². The van der Waals surface area contributed by atoms with Gasteiger partial charge in [-0.3, -0.25) is 0 Å². The quantitative estimate of drug-likeness (QED) is 0.149. The highest BCUT2D eigenvalue weighted by molar-refractivity contribution is 5.47. The molecule has 0 amide bonds. The zero-order valence-electron chi connectivity index (χ0n) is 34.5. The first-order valence-corrected chi connectivity index (χ1v) is 22.2. The predicted molar refractivity (Wildman–Crippen MR) is 243 cm³/mol. The fraction of sp³-hybridized carbons (Fsp3) is 0.333. The molecule has 5 aromatic rings. The average Bonchev–Trinajstić information content (AvgIpc) is 3.27. The van der Waals surface area contributed by atoms with Gasteiger partial charge < -0.3 is 0 Å². The van der Waals surface area contributed by atoms with Crippen LogP contribution in [0.2, 0.25) is 0 Å². The SMILES string of the molecule is C(#CC12CC3CC(C#Cc4ccccc4)(C1)CC(C14CC5(C#Cc6ccccc6)CC(C#Cc6ccccc6)(CC(C#Cc6ccccc6)(C5)C1)C4)(C3)C2)c1ccccc1. The molecule has 60 heavy (non-hydrogen) atoms. The van der Waals surface area contributed by atoms with Crippen molar-refractivity contribution >= 4 is 0 Å². The Bertz CT molecular complexity index is 2500. The van der Waals surface area contributed by atoms with E-state index in [1.807, 2.05) is 0 Å². The number of benzene rings is 5. The van der Waals surface area contributed by atoms with E-state index in [1.54, 1.807) is 0 Å². The monoisotopic (exact) mass is 770 g/mol. The summed E-state index contributed by atoms with van der Waals surface area (Å²) in [5.41, 5.74) is 4.81. The summed E-state index contributed by atoms with van der Waals surface area (Å²) in [7, 11) is 0. The Labute approximate surface area is 358 Å². The molecule has 8 aliphatic rings. The Kier molecular flexibility index (Phi) is 8.62. The van der Waals surface area contributed by atoms with Crippen molar-refractivity contribution in [3.05, 3.63) is 179 Å². The molecule has 290 valence electrons. The van der Waals surface area contributed by atoms with Gasteiger partial charge >= 0.3 is 0 Å². The Morgan fingerprint density at radius 3 is 0.817 bits per heavy atom. The minimum Gasteiger partial charge on any atom is -0.0910 e. The van der Waals surface area contributed by atoms with Crippen LogP contribution in [-0.4, -0.2) is 0 Å². The Morgan fingerprint density at radius 1 is 0.267 bits per heavy atom. The van der Waals surface area contributed by atoms with E-state index in [9.17, 15) is 0 Å². The van der Waals surface area contributed by atoms with Crippen molar-refractivity contribution in [2.45, 2.75) is 77.0 Å². The summed E-state index contributed by atoms with van der Waals surface area (Å²) in [6.45, 7) is 0. The van der Waals surface area contributed by atoms with Crippen molar-refractivity contribution in [3.63, 3.8) is 0 Å². The molecule has 8 fully saturated rings. The first-order valence-electron chi connectivity index (χ1n) is 22.2. The van der Waals surface area contributed by atoms with E-state index in [1.165, 1.54) is 19.3 Å². The number of hydrogen-bond donors (Lipinski definition) is 0. The van der Waals surface area contributed by atoms with Gasteiger partial charge in [0.25, 0.3) is 0 Å². The van der Waals surface area contributed by atoms with E-state index >= 15 is 0 Å². The van der Waals surface area contributed by atoms with Gasteiger partial charge in [0.05, 0.1) is 0 Å². The van der Waals surface area contributed by atoms with E-state index in [0.29, 0.717) is 5.92 Å². The van der Waals surface area contributed by atoms with E-state index in [0.717, 1.165) is 85.6 Å². The third kappa shape index (κ3) is 6.68. The second-order valence-electron chi connectivity index (χ2n) is 20.1. The summed E-state index contributed by atoms with van der Waals surface area (Å²) in [6, 6.07) is 53.4. The second-order valence-corrected chi connectivity index (χ2v) is 20.1. The Hall–Kier alpha value is -6.10. The molecule has 0 heterocycles. The second kappa shape index (κ2) is 14.0. The van der Waals surface area contributed by atoms with Crippen molar-refractivity contribution in [3.8, 4) is 59.2 Å². The van der Waals surface area contributed by atoms with Crippen LogP contribution in [0.4, 0.5) is 0 Å². The van der Waals surface area contributed by atoms with E-state index in [-0.39, 0.29) is 37.9 Å². The van der Waals surface area contributed by atoms with Crippen molar-refractivity contribution in [2.75, 3.05) is 0 Å². The van der Waals surface area contributed by atoms with Crippen LogP contribution >= 0.6 is 0 Å². The number of hydrogen-bond acceptors (Lipinski definition) is 0. The molecule has 0 radical (unpaired) electrons. The highest BCUT2D eigenvalue weighted by Crippen LogP contribution is 2.83. The summed E-state index contributed by atoms with van der Waals surface area (Å²) in [5, 5.41) is 0. The van der Waals surface area contributed by atoms with Crippen LogP contribution in [-0.2, 0) is 0 Å². The van der Waals surface area contributed by atoms with Gasteiger partial charge in [0, 0.05) is 54.9 Å². The smallest absolute Gasteiger partial charge is 0.0352 e. The first kappa shape index (κ1) is 36.9. The molecule has 0 aliphatic heterocycles. The van der Waals surface area contributed by atoms with Crippen LogP contribution in [0.15, 0.2) is 152 Å². The molecule has 2 atom stereocenters. The van der Waals surface area contributed by atoms with E-state index in [2.05, 4.69) is 211 Å². The Balaban J connectivity index is 1.12. The lowest BCUT2D eigenvalue weighted by atomic mass is 9.26. The lowest BCUT2D eigenvalue weighted by Crippen LogP contribution is -2.69. The standard InChI is InChI=1S/C60H50/c1-6-16-48(17-7-1)26-31-54-36-53-37-55(39-54,32-27-49-18-8-2-9-19-49)44-59(38-53,43-54)60-45-56(33-28-50-20-10-3-11-21-50)40-57(46-60,34-29-51-22-12-4-13-23-51)42-58(41-56,47-60)35-30-52-24-14-5-15-25-52/h1-25,53H,36-47H2. The minimum absolute atomic E-state index is 0.00270. The maximum Gasteiger partial charge on any atom is 0.0352 e. The zero-order valence-corrected chi connectivity index (χ0v) is 34.5. The van der Waals surface area contributed by atoms with Gasteiger partial charge in [-0.25, -0.2) is 0 Å². The first-order chi connectivity index (χ1) is 29.3. The lowest BCUT2D eigenvalue weighted by molar-refractivity contribution is -0.252. The predicted octanol–water partition coefficient (Wildman–Crippen LogP) is 12.5. The van der Waals surface area contributed by atoms with Gasteiger partial charge in [0.2, 0.25) is 0 Å². The minimum atomic E-state index is -0.198. The van der Waals surface area contributed by atoms with Crippen molar-refractivity contribution in [2.24, 2.45) is 43.8 Å². The topological polar surface area (TPSA) is 0 Å². The van der Waals surface area contributed by atoms with Crippen LogP contribution in [0.3, 0.4) is 0 Å². The number of rotatable bonds is 1. The van der Waals surface area contributed by atoms with E-state index in [4.69, 9.17) is 0 Å². The van der Waals surface area contributed by atoms with Crippen LogP contribution in [0.1, 0.15) is 105 Å². The summed E-state index contributed by atoms with van der Waals surface area (Å²) in [6.07, 6.45) is 13.3. The molecule has 0 aromatic heterocycles. The fourth-order valence-electron chi connectivity index (χ4n) is 14.5. The average molecular weight is 771 g/mol. The van der Waals surface area contributed by atoms with Gasteiger partial charge in [-0.1, -0.05) is 150 Å². The van der Waals surface area contributed by atoms with Crippen molar-refractivity contribution in [1.29, 1.82) is 0 Å². The van der Waals surface area contributed by atoms with E-state index < -0.39 is 0 Å². The normalized spacial score (nSPS) is 34.5. The molecule has 0 N–H and O–H groups in total. The maximum absolute atomic E-state index is 4.12. The van der Waals surface area contributed by atoms with Gasteiger partial charge in [-0.05, 0) is 154 Å². The summed E-state index contributed by atoms with van der Waals surface area (Å²) >= 11 is 0. The third-order valence-electron chi connectivity index (χ3n) is 15.5. The van der Waals surface area contributed by atoms with Crippen LogP contribution in [0, 0.1) is 103 Å². The molecule has 5 aromatic carbocycles. The molecular weight excluding hydrogens is 721 g/mol. The molecule has 8 saturated carbocycles. The molecule has 2 unspecified atom stereocenters. The van der Waals surface area contributed by atoms with Crippen LogP contribution < -0.4 is 0 Å². The zero-order chi connectivity index (χ0) is 40.2.